The molecule has 3 N–H and O–H groups in total. The number of unbranched alkanes of at least 4 members (excludes halogenated alkanes) is 46. The van der Waals surface area contributed by atoms with Crippen LogP contribution in [0, 0.1) is 0 Å². The fourth-order valence-electron chi connectivity index (χ4n) is 10.1. The molecule has 0 aliphatic carbocycles. The molecule has 430 valence electrons. The van der Waals surface area contributed by atoms with Gasteiger partial charge in [-0.05, 0) is 83.5 Å². The van der Waals surface area contributed by atoms with E-state index in [1.165, 1.54) is 263 Å². The lowest BCUT2D eigenvalue weighted by atomic mass is 10.0. The van der Waals surface area contributed by atoms with Crippen molar-refractivity contribution in [1.29, 1.82) is 0 Å². The highest BCUT2D eigenvalue weighted by molar-refractivity contribution is 5.76. The van der Waals surface area contributed by atoms with Gasteiger partial charge in [0.2, 0.25) is 5.91 Å². The van der Waals surface area contributed by atoms with Gasteiger partial charge in [0.1, 0.15) is 0 Å². The first-order valence-electron chi connectivity index (χ1n) is 32.8. The summed E-state index contributed by atoms with van der Waals surface area (Å²) in [7, 11) is 0. The Morgan fingerprint density at radius 3 is 0.973 bits per heavy atom. The van der Waals surface area contributed by atoms with E-state index in [-0.39, 0.29) is 18.5 Å². The fourth-order valence-corrected chi connectivity index (χ4v) is 10.1. The number of hydrogen-bond donors (Lipinski definition) is 3. The number of hydrogen-bond acceptors (Lipinski definition) is 5. The van der Waals surface area contributed by atoms with Crippen LogP contribution in [0.15, 0.2) is 36.5 Å². The molecule has 73 heavy (non-hydrogen) atoms. The SMILES string of the molecule is CCCCCCC/C=C\CCCCCCCC(=O)OCCCCCCCCCCC/C=C\CCCCCCCC(=O)NC(CO)C(O)/C=C/CCCCCCCCCCCCCCCCCCCCCCCC. The van der Waals surface area contributed by atoms with E-state index in [2.05, 4.69) is 43.5 Å². The molecular weight excluding hydrogens is 899 g/mol. The van der Waals surface area contributed by atoms with E-state index in [0.29, 0.717) is 19.4 Å². The molecular formula is C67H127NO5. The molecule has 2 atom stereocenters. The molecule has 0 aliphatic heterocycles. The Balaban J connectivity index is 3.48. The highest BCUT2D eigenvalue weighted by atomic mass is 16.5. The molecule has 1 amide bonds. The Morgan fingerprint density at radius 2 is 0.644 bits per heavy atom. The van der Waals surface area contributed by atoms with E-state index in [4.69, 9.17) is 4.74 Å². The summed E-state index contributed by atoms with van der Waals surface area (Å²) in [5.74, 6) is -0.0854. The Morgan fingerprint density at radius 1 is 0.370 bits per heavy atom. The molecule has 0 heterocycles. The lowest BCUT2D eigenvalue weighted by Gasteiger charge is -2.20. The standard InChI is InChI=1S/C67H127NO5/c1-3-5-7-9-11-13-15-17-19-20-21-22-23-24-25-26-29-32-35-39-43-47-51-55-59-65(70)64(63-69)68-66(71)60-56-52-48-44-40-36-33-30-27-28-31-34-38-42-46-50-54-58-62-73-67(72)61-57-53-49-45-41-37-18-16-14-12-10-8-6-4-2/h16,18,30,33,55,59,64-65,69-70H,3-15,17,19-29,31-32,34-54,56-58,60-63H2,1-2H3,(H,68,71)/b18-16-,33-30-,59-55+. The number of carbonyl (C=O) groups is 2. The maximum absolute atomic E-state index is 12.5. The van der Waals surface area contributed by atoms with Crippen molar-refractivity contribution in [2.24, 2.45) is 0 Å². The van der Waals surface area contributed by atoms with Crippen LogP contribution in [0.25, 0.3) is 0 Å². The topological polar surface area (TPSA) is 95.9 Å². The monoisotopic (exact) mass is 1030 g/mol. The second-order valence-electron chi connectivity index (χ2n) is 22.4. The number of esters is 1. The molecule has 0 rings (SSSR count). The molecule has 0 saturated carbocycles. The fraction of sp³-hybridized carbons (Fsp3) is 0.881. The maximum atomic E-state index is 12.5. The molecule has 0 radical (unpaired) electrons. The van der Waals surface area contributed by atoms with Gasteiger partial charge in [0, 0.05) is 12.8 Å². The number of nitrogens with one attached hydrogen (secondary N) is 1. The summed E-state index contributed by atoms with van der Waals surface area (Å²) in [6.45, 7) is 4.90. The predicted molar refractivity (Wildman–Crippen MR) is 319 cm³/mol. The number of ether oxygens (including phenoxy) is 1. The predicted octanol–water partition coefficient (Wildman–Crippen LogP) is 20.8. The molecule has 0 aromatic carbocycles. The first-order valence-corrected chi connectivity index (χ1v) is 32.8. The lowest BCUT2D eigenvalue weighted by molar-refractivity contribution is -0.143. The molecule has 0 fully saturated rings. The minimum Gasteiger partial charge on any atom is -0.466 e. The van der Waals surface area contributed by atoms with Gasteiger partial charge in [0.25, 0.3) is 0 Å². The lowest BCUT2D eigenvalue weighted by Crippen LogP contribution is -2.45. The summed E-state index contributed by atoms with van der Waals surface area (Å²) in [6.07, 6.45) is 79.1. The van der Waals surface area contributed by atoms with E-state index in [0.717, 1.165) is 64.2 Å². The second kappa shape index (κ2) is 62.6. The van der Waals surface area contributed by atoms with Crippen molar-refractivity contribution in [3.05, 3.63) is 36.5 Å². The van der Waals surface area contributed by atoms with Crippen LogP contribution in [0.4, 0.5) is 0 Å². The quantitative estimate of drug-likeness (QED) is 0.0320. The number of allylic oxidation sites excluding steroid dienone is 5. The largest absolute Gasteiger partial charge is 0.466 e. The third kappa shape index (κ3) is 59.2. The summed E-state index contributed by atoms with van der Waals surface area (Å²) in [4.78, 5) is 24.6. The maximum Gasteiger partial charge on any atom is 0.305 e. The summed E-state index contributed by atoms with van der Waals surface area (Å²) >= 11 is 0. The van der Waals surface area contributed by atoms with Gasteiger partial charge in [-0.2, -0.15) is 0 Å². The molecule has 0 spiro atoms. The molecule has 0 bridgehead atoms. The highest BCUT2D eigenvalue weighted by Crippen LogP contribution is 2.17. The zero-order chi connectivity index (χ0) is 52.9. The van der Waals surface area contributed by atoms with E-state index in [9.17, 15) is 19.8 Å². The van der Waals surface area contributed by atoms with Crippen LogP contribution in [0.5, 0.6) is 0 Å². The average molecular weight is 1030 g/mol. The summed E-state index contributed by atoms with van der Waals surface area (Å²) in [6, 6.07) is -0.640. The van der Waals surface area contributed by atoms with Crippen molar-refractivity contribution in [2.45, 2.75) is 366 Å². The van der Waals surface area contributed by atoms with Crippen LogP contribution in [-0.2, 0) is 14.3 Å². The third-order valence-corrected chi connectivity index (χ3v) is 15.1. The second-order valence-corrected chi connectivity index (χ2v) is 22.4. The van der Waals surface area contributed by atoms with Crippen molar-refractivity contribution < 1.29 is 24.5 Å². The first-order chi connectivity index (χ1) is 36.0. The first kappa shape index (κ1) is 71.1. The van der Waals surface area contributed by atoms with Crippen LogP contribution >= 0.6 is 0 Å². The summed E-state index contributed by atoms with van der Waals surface area (Å²) < 4.78 is 5.47. The third-order valence-electron chi connectivity index (χ3n) is 15.1. The van der Waals surface area contributed by atoms with Gasteiger partial charge in [0.15, 0.2) is 0 Å². The average Bonchev–Trinajstić information content (AvgIpc) is 3.39. The van der Waals surface area contributed by atoms with Gasteiger partial charge < -0.3 is 20.3 Å². The Kier molecular flexibility index (Phi) is 61.0. The number of aliphatic hydroxyl groups excluding tert-OH is 2. The minimum absolute atomic E-state index is 0.00601. The van der Waals surface area contributed by atoms with Crippen molar-refractivity contribution in [1.82, 2.24) is 5.32 Å². The van der Waals surface area contributed by atoms with Gasteiger partial charge >= 0.3 is 5.97 Å². The van der Waals surface area contributed by atoms with Crippen molar-refractivity contribution >= 4 is 11.9 Å². The van der Waals surface area contributed by atoms with Crippen LogP contribution in [0.2, 0.25) is 0 Å². The Hall–Kier alpha value is -1.92. The number of amides is 1. The van der Waals surface area contributed by atoms with Crippen molar-refractivity contribution in [3.63, 3.8) is 0 Å². The number of carbonyl (C=O) groups excluding carboxylic acids is 2. The number of aliphatic hydroxyl groups is 2. The zero-order valence-electron chi connectivity index (χ0n) is 49.1. The highest BCUT2D eigenvalue weighted by Gasteiger charge is 2.18. The van der Waals surface area contributed by atoms with Gasteiger partial charge in [-0.15, -0.1) is 0 Å². The smallest absolute Gasteiger partial charge is 0.305 e. The molecule has 2 unspecified atom stereocenters. The molecule has 0 aromatic heterocycles. The summed E-state index contributed by atoms with van der Waals surface area (Å²) in [5, 5.41) is 23.2. The van der Waals surface area contributed by atoms with E-state index < -0.39 is 12.1 Å². The van der Waals surface area contributed by atoms with E-state index >= 15 is 0 Å². The van der Waals surface area contributed by atoms with Gasteiger partial charge in [-0.1, -0.05) is 294 Å². The molecule has 0 aliphatic rings. The summed E-state index contributed by atoms with van der Waals surface area (Å²) in [5.41, 5.74) is 0. The van der Waals surface area contributed by atoms with Gasteiger partial charge in [0.05, 0.1) is 25.4 Å². The van der Waals surface area contributed by atoms with Crippen LogP contribution in [-0.4, -0.2) is 47.4 Å². The molecule has 6 nitrogen and oxygen atoms in total. The minimum atomic E-state index is -0.855. The van der Waals surface area contributed by atoms with Crippen LogP contribution in [0.1, 0.15) is 354 Å². The van der Waals surface area contributed by atoms with Gasteiger partial charge in [-0.25, -0.2) is 0 Å². The molecule has 0 aromatic rings. The van der Waals surface area contributed by atoms with E-state index in [1.807, 2.05) is 6.08 Å². The number of rotatable bonds is 61. The van der Waals surface area contributed by atoms with Crippen molar-refractivity contribution in [2.75, 3.05) is 13.2 Å². The van der Waals surface area contributed by atoms with Crippen molar-refractivity contribution in [3.8, 4) is 0 Å². The van der Waals surface area contributed by atoms with Crippen LogP contribution in [0.3, 0.4) is 0 Å². The zero-order valence-corrected chi connectivity index (χ0v) is 49.1. The molecule has 6 heteroatoms. The van der Waals surface area contributed by atoms with E-state index in [1.54, 1.807) is 6.08 Å². The Labute approximate surface area is 455 Å². The Bertz CT molecular complexity index is 1180. The van der Waals surface area contributed by atoms with Crippen LogP contribution < -0.4 is 5.32 Å². The normalized spacial score (nSPS) is 12.8. The molecule has 0 saturated heterocycles. The van der Waals surface area contributed by atoms with Gasteiger partial charge in [-0.3, -0.25) is 9.59 Å².